The molecule has 1 aliphatic rings. The number of benzene rings is 2. The molecule has 0 unspecified atom stereocenters. The second-order valence-electron chi connectivity index (χ2n) is 6.76. The fourth-order valence-corrected chi connectivity index (χ4v) is 5.00. The van der Waals surface area contributed by atoms with Crippen LogP contribution in [0.4, 0.5) is 14.5 Å². The fraction of sp³-hybridized carbons (Fsp3) is 0.190. The third-order valence-corrected chi connectivity index (χ3v) is 6.58. The van der Waals surface area contributed by atoms with Gasteiger partial charge in [-0.1, -0.05) is 18.7 Å². The highest BCUT2D eigenvalue weighted by Gasteiger charge is 2.27. The van der Waals surface area contributed by atoms with E-state index < -0.39 is 5.82 Å². The maximum atomic E-state index is 13.4. The zero-order valence-corrected chi connectivity index (χ0v) is 17.5. The Morgan fingerprint density at radius 2 is 1.80 bits per heavy atom. The van der Waals surface area contributed by atoms with E-state index in [-0.39, 0.29) is 28.3 Å². The first-order valence-corrected chi connectivity index (χ1v) is 11.0. The molecule has 30 heavy (non-hydrogen) atoms. The van der Waals surface area contributed by atoms with E-state index in [0.29, 0.717) is 27.8 Å². The number of amides is 1. The van der Waals surface area contributed by atoms with Crippen LogP contribution in [0.5, 0.6) is 0 Å². The van der Waals surface area contributed by atoms with Gasteiger partial charge in [0.15, 0.2) is 5.16 Å². The van der Waals surface area contributed by atoms with E-state index >= 15 is 0 Å². The molecule has 0 saturated heterocycles. The molecule has 0 spiro atoms. The molecule has 154 valence electrons. The first-order chi connectivity index (χ1) is 14.4. The average Bonchev–Trinajstić information content (AvgIpc) is 3.10. The van der Waals surface area contributed by atoms with Crippen molar-refractivity contribution in [2.45, 2.75) is 28.6 Å². The molecule has 1 atom stereocenters. The number of carbonyl (C=O) groups excluding carboxylic acids is 1. The quantitative estimate of drug-likeness (QED) is 0.469. The second-order valence-corrected chi connectivity index (χ2v) is 9.15. The maximum Gasteiger partial charge on any atom is 0.272 e. The summed E-state index contributed by atoms with van der Waals surface area (Å²) in [6.07, 6.45) is 0.675. The number of hydrogen-bond donors (Lipinski definition) is 1. The molecule has 1 aliphatic heterocycles. The summed E-state index contributed by atoms with van der Waals surface area (Å²) in [5.74, 6) is -1.10. The molecule has 2 heterocycles. The normalized spacial score (nSPS) is 15.1. The highest BCUT2D eigenvalue weighted by molar-refractivity contribution is 8.00. The Labute approximate surface area is 179 Å². The van der Waals surface area contributed by atoms with Gasteiger partial charge in [-0.3, -0.25) is 14.2 Å². The fourth-order valence-electron chi connectivity index (χ4n) is 3.08. The van der Waals surface area contributed by atoms with Crippen molar-refractivity contribution in [1.29, 1.82) is 0 Å². The molecular weight excluding hydrogens is 428 g/mol. The Morgan fingerprint density at radius 1 is 1.17 bits per heavy atom. The molecule has 2 aromatic carbocycles. The van der Waals surface area contributed by atoms with Gasteiger partial charge in [0, 0.05) is 17.4 Å². The number of nitrogens with zero attached hydrogens (tertiary/aromatic N) is 2. The number of hydrogen-bond acceptors (Lipinski definition) is 5. The lowest BCUT2D eigenvalue weighted by Gasteiger charge is -2.13. The van der Waals surface area contributed by atoms with E-state index in [9.17, 15) is 18.4 Å². The Morgan fingerprint density at radius 3 is 2.47 bits per heavy atom. The summed E-state index contributed by atoms with van der Waals surface area (Å²) in [4.78, 5) is 30.7. The van der Waals surface area contributed by atoms with Crippen LogP contribution in [0.15, 0.2) is 63.4 Å². The number of nitrogens with one attached hydrogen (secondary N) is 1. The minimum atomic E-state index is -0.406. The van der Waals surface area contributed by atoms with Crippen LogP contribution in [0.1, 0.15) is 12.6 Å². The zero-order chi connectivity index (χ0) is 21.3. The van der Waals surface area contributed by atoms with E-state index in [4.69, 9.17) is 0 Å². The first-order valence-electron chi connectivity index (χ1n) is 9.17. The van der Waals surface area contributed by atoms with E-state index in [1.165, 1.54) is 64.9 Å². The first kappa shape index (κ1) is 20.6. The van der Waals surface area contributed by atoms with Crippen LogP contribution in [0.3, 0.4) is 0 Å². The predicted molar refractivity (Wildman–Crippen MR) is 115 cm³/mol. The number of aromatic nitrogens is 2. The van der Waals surface area contributed by atoms with Crippen LogP contribution in [0, 0.1) is 11.6 Å². The van der Waals surface area contributed by atoms with Crippen molar-refractivity contribution >= 4 is 35.1 Å². The molecule has 0 fully saturated rings. The molecule has 0 aliphatic carbocycles. The van der Waals surface area contributed by atoms with E-state index in [2.05, 4.69) is 10.3 Å². The molecule has 1 aromatic heterocycles. The Balaban J connectivity index is 1.61. The van der Waals surface area contributed by atoms with Gasteiger partial charge in [0.1, 0.15) is 11.6 Å². The van der Waals surface area contributed by atoms with Gasteiger partial charge >= 0.3 is 0 Å². The van der Waals surface area contributed by atoms with Crippen LogP contribution in [0.25, 0.3) is 5.69 Å². The Bertz CT molecular complexity index is 1150. The van der Waals surface area contributed by atoms with Crippen LogP contribution in [-0.4, -0.2) is 26.5 Å². The second kappa shape index (κ2) is 8.61. The van der Waals surface area contributed by atoms with Gasteiger partial charge < -0.3 is 5.32 Å². The van der Waals surface area contributed by atoms with Crippen molar-refractivity contribution in [3.8, 4) is 5.69 Å². The molecule has 0 radical (unpaired) electrons. The number of carbonyl (C=O) groups is 1. The summed E-state index contributed by atoms with van der Waals surface area (Å²) in [5, 5.41) is 3.29. The van der Waals surface area contributed by atoms with E-state index in [1.54, 1.807) is 0 Å². The lowest BCUT2D eigenvalue weighted by Crippen LogP contribution is -2.24. The molecule has 4 rings (SSSR count). The van der Waals surface area contributed by atoms with Crippen molar-refractivity contribution in [1.82, 2.24) is 9.55 Å². The summed E-state index contributed by atoms with van der Waals surface area (Å²) in [6.45, 7) is 2.02. The van der Waals surface area contributed by atoms with Crippen molar-refractivity contribution in [3.63, 3.8) is 0 Å². The minimum Gasteiger partial charge on any atom is -0.325 e. The molecular formula is C21H17F2N3O2S2. The van der Waals surface area contributed by atoms with Gasteiger partial charge in [-0.25, -0.2) is 13.8 Å². The summed E-state index contributed by atoms with van der Waals surface area (Å²) in [7, 11) is 0. The van der Waals surface area contributed by atoms with Crippen LogP contribution < -0.4 is 10.9 Å². The van der Waals surface area contributed by atoms with E-state index in [0.717, 1.165) is 17.5 Å². The predicted octanol–water partition coefficient (Wildman–Crippen LogP) is 4.28. The number of thioether (sulfide) groups is 2. The van der Waals surface area contributed by atoms with Gasteiger partial charge in [0.05, 0.1) is 22.0 Å². The average molecular weight is 446 g/mol. The molecule has 5 nitrogen and oxygen atoms in total. The van der Waals surface area contributed by atoms with Gasteiger partial charge in [-0.05, 0) is 48.5 Å². The van der Waals surface area contributed by atoms with E-state index in [1.807, 2.05) is 6.92 Å². The molecule has 1 amide bonds. The van der Waals surface area contributed by atoms with Gasteiger partial charge in [-0.15, -0.1) is 11.8 Å². The van der Waals surface area contributed by atoms with Crippen LogP contribution in [0.2, 0.25) is 0 Å². The lowest BCUT2D eigenvalue weighted by atomic mass is 10.2. The number of anilines is 1. The van der Waals surface area contributed by atoms with Crippen LogP contribution >= 0.6 is 23.5 Å². The number of rotatable bonds is 5. The standard InChI is InChI=1S/C21H17F2N3O2S2/c1-12-10-17-19(30-12)20(28)26(16-8-4-14(23)5-9-16)21(25-17)29-11-18(27)24-15-6-2-13(22)3-7-15/h2-9,12H,10-11H2,1H3,(H,24,27)/t12-/m1/s1. The van der Waals surface area contributed by atoms with Crippen molar-refractivity contribution in [2.75, 3.05) is 11.1 Å². The summed E-state index contributed by atoms with van der Waals surface area (Å²) in [5.41, 5.74) is 1.46. The van der Waals surface area contributed by atoms with Crippen molar-refractivity contribution < 1.29 is 13.6 Å². The largest absolute Gasteiger partial charge is 0.325 e. The third-order valence-electron chi connectivity index (χ3n) is 4.43. The lowest BCUT2D eigenvalue weighted by molar-refractivity contribution is -0.113. The number of halogens is 2. The Hall–Kier alpha value is -2.65. The van der Waals surface area contributed by atoms with Crippen molar-refractivity contribution in [2.24, 2.45) is 0 Å². The summed E-state index contributed by atoms with van der Waals surface area (Å²) < 4.78 is 27.8. The number of fused-ring (bicyclic) bond motifs is 1. The maximum absolute atomic E-state index is 13.4. The SMILES string of the molecule is C[C@@H]1Cc2nc(SCC(=O)Nc3ccc(F)cc3)n(-c3ccc(F)cc3)c(=O)c2S1. The van der Waals surface area contributed by atoms with Gasteiger partial charge in [0.25, 0.3) is 5.56 Å². The minimum absolute atomic E-state index is 0.00644. The Kier molecular flexibility index (Phi) is 5.92. The molecule has 0 saturated carbocycles. The monoisotopic (exact) mass is 445 g/mol. The zero-order valence-electron chi connectivity index (χ0n) is 15.9. The van der Waals surface area contributed by atoms with Gasteiger partial charge in [0.2, 0.25) is 5.91 Å². The summed E-state index contributed by atoms with van der Waals surface area (Å²) >= 11 is 2.60. The molecule has 9 heteroatoms. The third kappa shape index (κ3) is 4.41. The molecule has 0 bridgehead atoms. The highest BCUT2D eigenvalue weighted by Crippen LogP contribution is 2.34. The van der Waals surface area contributed by atoms with Crippen LogP contribution in [-0.2, 0) is 11.2 Å². The molecule has 3 aromatic rings. The van der Waals surface area contributed by atoms with Crippen molar-refractivity contribution in [3.05, 3.63) is 76.2 Å². The van der Waals surface area contributed by atoms with Gasteiger partial charge in [-0.2, -0.15) is 0 Å². The topological polar surface area (TPSA) is 64.0 Å². The highest BCUT2D eigenvalue weighted by atomic mass is 32.2. The smallest absolute Gasteiger partial charge is 0.272 e. The molecule has 1 N–H and O–H groups in total. The summed E-state index contributed by atoms with van der Waals surface area (Å²) in [6, 6.07) is 11.0.